The molecule has 2 aromatic heterocycles. The first-order chi connectivity index (χ1) is 21.1. The van der Waals surface area contributed by atoms with E-state index in [2.05, 4.69) is 20.8 Å². The predicted molar refractivity (Wildman–Crippen MR) is 166 cm³/mol. The average Bonchev–Trinajstić information content (AvgIpc) is 3.72. The van der Waals surface area contributed by atoms with Gasteiger partial charge in [0, 0.05) is 32.1 Å². The number of nitrogens with two attached hydrogens (primary N) is 1. The number of likely N-dealkylation sites (tertiary alicyclic amines) is 1. The van der Waals surface area contributed by atoms with Gasteiger partial charge in [0.25, 0.3) is 0 Å². The topological polar surface area (TPSA) is 173 Å². The number of β-amino-alcohol motifs (C(OH)–C–C–N with tert-alkyl or cyclic N) is 1. The van der Waals surface area contributed by atoms with Crippen molar-refractivity contribution in [3.63, 3.8) is 0 Å². The monoisotopic (exact) mass is 626 g/mol. The van der Waals surface area contributed by atoms with Gasteiger partial charge in [0.1, 0.15) is 17.7 Å². The Balaban J connectivity index is 1.53. The van der Waals surface area contributed by atoms with Crippen LogP contribution in [0.2, 0.25) is 0 Å². The lowest BCUT2D eigenvalue weighted by Gasteiger charge is -2.30. The summed E-state index contributed by atoms with van der Waals surface area (Å²) in [6, 6.07) is 7.76. The molecular weight excluding hydrogens is 584 g/mol. The molecule has 0 unspecified atom stereocenters. The number of thiazole rings is 1. The molecule has 1 fully saturated rings. The number of ether oxygens (including phenoxy) is 1. The van der Waals surface area contributed by atoms with Crippen molar-refractivity contribution < 1.29 is 28.8 Å². The van der Waals surface area contributed by atoms with Gasteiger partial charge in [0.05, 0.1) is 53.6 Å². The summed E-state index contributed by atoms with van der Waals surface area (Å²) in [5.74, 6) is -1.41. The second-order valence-corrected chi connectivity index (χ2v) is 12.2. The predicted octanol–water partition coefficient (Wildman–Crippen LogP) is 2.46. The summed E-state index contributed by atoms with van der Waals surface area (Å²) in [5, 5.41) is 20.3. The zero-order chi connectivity index (χ0) is 31.8. The van der Waals surface area contributed by atoms with Crippen LogP contribution in [0, 0.1) is 19.8 Å². The minimum absolute atomic E-state index is 0.0180. The summed E-state index contributed by atoms with van der Waals surface area (Å²) >= 11 is 1.54. The third-order valence-corrected chi connectivity index (χ3v) is 8.59. The Morgan fingerprint density at radius 2 is 1.95 bits per heavy atom. The lowest BCUT2D eigenvalue weighted by atomic mass is 9.91. The number of aliphatic hydroxyl groups is 1. The van der Waals surface area contributed by atoms with Gasteiger partial charge in [0.2, 0.25) is 17.7 Å². The van der Waals surface area contributed by atoms with Crippen LogP contribution in [0.4, 0.5) is 0 Å². The largest absolute Gasteiger partial charge is 0.391 e. The quantitative estimate of drug-likeness (QED) is 0.196. The van der Waals surface area contributed by atoms with E-state index < -0.39 is 30.0 Å². The number of nitrogens with one attached hydrogen (secondary N) is 2. The molecule has 0 radical (unpaired) electrons. The Bertz CT molecular complexity index is 1410. The van der Waals surface area contributed by atoms with Crippen molar-refractivity contribution in [1.82, 2.24) is 25.7 Å². The zero-order valence-electron chi connectivity index (χ0n) is 25.6. The molecule has 1 aliphatic heterocycles. The highest BCUT2D eigenvalue weighted by Crippen LogP contribution is 2.32. The van der Waals surface area contributed by atoms with E-state index in [1.807, 2.05) is 45.0 Å². The number of rotatable bonds is 14. The standard InChI is InChI=1S/C31H42N6O6S/c1-18(2)28(26-13-19(3)36-43-26)31(41)37-16-23(38)14-25(37)30(40)35-24(15-27(39)33-10-12-42-11-9-32)21-5-7-22(8-6-21)29-20(4)34-17-44-29/h5-8,13,17-18,23-25,28,38H,9-12,14-16,32H2,1-4H3,(H,33,39)(H,35,40)/t23-,24+,25+,28-/m1/s1. The minimum atomic E-state index is -0.919. The Morgan fingerprint density at radius 3 is 2.57 bits per heavy atom. The summed E-state index contributed by atoms with van der Waals surface area (Å²) < 4.78 is 10.8. The molecule has 4 rings (SSSR count). The molecule has 44 heavy (non-hydrogen) atoms. The van der Waals surface area contributed by atoms with Crippen LogP contribution < -0.4 is 16.4 Å². The van der Waals surface area contributed by atoms with E-state index in [0.717, 1.165) is 21.7 Å². The number of carbonyl (C=O) groups is 3. The van der Waals surface area contributed by atoms with Crippen molar-refractivity contribution in [2.24, 2.45) is 11.7 Å². The molecular formula is C31H42N6O6S. The number of aryl methyl sites for hydroxylation is 2. The highest BCUT2D eigenvalue weighted by Gasteiger charge is 2.43. The summed E-state index contributed by atoms with van der Waals surface area (Å²) in [6.45, 7) is 8.95. The first-order valence-electron chi connectivity index (χ1n) is 14.9. The summed E-state index contributed by atoms with van der Waals surface area (Å²) in [7, 11) is 0. The Labute approximate surface area is 261 Å². The number of aromatic nitrogens is 2. The van der Waals surface area contributed by atoms with Gasteiger partial charge in [0.15, 0.2) is 0 Å². The lowest BCUT2D eigenvalue weighted by molar-refractivity contribution is -0.141. The molecule has 3 aromatic rings. The lowest BCUT2D eigenvalue weighted by Crippen LogP contribution is -2.49. The van der Waals surface area contributed by atoms with Crippen LogP contribution in [0.1, 0.15) is 61.4 Å². The molecule has 1 aliphatic rings. The molecule has 5 N–H and O–H groups in total. The van der Waals surface area contributed by atoms with E-state index in [1.165, 1.54) is 4.90 Å². The minimum Gasteiger partial charge on any atom is -0.391 e. The third-order valence-electron chi connectivity index (χ3n) is 7.61. The van der Waals surface area contributed by atoms with Gasteiger partial charge in [-0.05, 0) is 30.9 Å². The molecule has 0 saturated carbocycles. The summed E-state index contributed by atoms with van der Waals surface area (Å²) in [5.41, 5.74) is 10.5. The fourth-order valence-electron chi connectivity index (χ4n) is 5.42. The van der Waals surface area contributed by atoms with E-state index in [1.54, 1.807) is 29.8 Å². The second kappa shape index (κ2) is 15.4. The number of nitrogens with zero attached hydrogens (tertiary/aromatic N) is 3. The fraction of sp³-hybridized carbons (Fsp3) is 0.516. The first-order valence-corrected chi connectivity index (χ1v) is 15.7. The van der Waals surface area contributed by atoms with E-state index in [4.69, 9.17) is 15.0 Å². The van der Waals surface area contributed by atoms with Gasteiger partial charge in [-0.25, -0.2) is 4.98 Å². The van der Waals surface area contributed by atoms with Gasteiger partial charge in [-0.2, -0.15) is 0 Å². The van der Waals surface area contributed by atoms with E-state index in [-0.39, 0.29) is 37.1 Å². The van der Waals surface area contributed by atoms with E-state index in [9.17, 15) is 19.5 Å². The zero-order valence-corrected chi connectivity index (χ0v) is 26.4. The van der Waals surface area contributed by atoms with Crippen molar-refractivity contribution in [3.8, 4) is 10.4 Å². The smallest absolute Gasteiger partial charge is 0.243 e. The molecule has 1 aromatic carbocycles. The van der Waals surface area contributed by atoms with Crippen molar-refractivity contribution in [3.05, 3.63) is 58.6 Å². The van der Waals surface area contributed by atoms with Crippen molar-refractivity contribution in [1.29, 1.82) is 0 Å². The molecule has 3 heterocycles. The molecule has 0 spiro atoms. The molecule has 12 nitrogen and oxygen atoms in total. The highest BCUT2D eigenvalue weighted by atomic mass is 32.1. The fourth-order valence-corrected chi connectivity index (χ4v) is 6.23. The van der Waals surface area contributed by atoms with E-state index >= 15 is 0 Å². The van der Waals surface area contributed by atoms with Gasteiger partial charge in [-0.3, -0.25) is 14.4 Å². The number of hydrogen-bond acceptors (Lipinski definition) is 10. The van der Waals surface area contributed by atoms with Crippen LogP contribution in [0.3, 0.4) is 0 Å². The van der Waals surface area contributed by atoms with E-state index in [0.29, 0.717) is 37.8 Å². The normalized spacial score (nSPS) is 17.9. The van der Waals surface area contributed by atoms with Gasteiger partial charge >= 0.3 is 0 Å². The highest BCUT2D eigenvalue weighted by molar-refractivity contribution is 7.13. The number of amides is 3. The molecule has 0 bridgehead atoms. The van der Waals surface area contributed by atoms with Crippen molar-refractivity contribution in [2.45, 2.75) is 64.6 Å². The molecule has 0 aliphatic carbocycles. The third kappa shape index (κ3) is 8.29. The van der Waals surface area contributed by atoms with Crippen LogP contribution in [0.15, 0.2) is 40.4 Å². The second-order valence-electron chi connectivity index (χ2n) is 11.4. The average molecular weight is 627 g/mol. The number of hydrogen-bond donors (Lipinski definition) is 4. The number of aliphatic hydroxyl groups excluding tert-OH is 1. The van der Waals surface area contributed by atoms with Crippen molar-refractivity contribution >= 4 is 29.1 Å². The maximum Gasteiger partial charge on any atom is 0.243 e. The molecule has 1 saturated heterocycles. The maximum absolute atomic E-state index is 13.8. The first kappa shape index (κ1) is 33.2. The molecule has 238 valence electrons. The van der Waals surface area contributed by atoms with Crippen LogP contribution in [0.5, 0.6) is 0 Å². The maximum atomic E-state index is 13.8. The molecule has 3 amide bonds. The van der Waals surface area contributed by atoms with Gasteiger partial charge < -0.3 is 35.6 Å². The SMILES string of the molecule is Cc1cc([C@H](C(=O)N2C[C@H](O)C[C@H]2C(=O)N[C@@H](CC(=O)NCCOCCN)c2ccc(-c3scnc3C)cc2)C(C)C)on1. The summed E-state index contributed by atoms with van der Waals surface area (Å²) in [6.07, 6.45) is -0.814. The Hall–Kier alpha value is -3.65. The van der Waals surface area contributed by atoms with Crippen LogP contribution in [-0.4, -0.2) is 82.9 Å². The van der Waals surface area contributed by atoms with Crippen LogP contribution in [-0.2, 0) is 19.1 Å². The summed E-state index contributed by atoms with van der Waals surface area (Å²) in [4.78, 5) is 47.4. The number of carbonyl (C=O) groups excluding carboxylic acids is 3. The number of benzene rings is 1. The Morgan fingerprint density at radius 1 is 1.20 bits per heavy atom. The van der Waals surface area contributed by atoms with Gasteiger partial charge in [-0.1, -0.05) is 43.3 Å². The Kier molecular flexibility index (Phi) is 11.6. The molecule has 13 heteroatoms. The molecule has 4 atom stereocenters. The van der Waals surface area contributed by atoms with Gasteiger partial charge in [-0.15, -0.1) is 11.3 Å². The van der Waals surface area contributed by atoms with Crippen molar-refractivity contribution in [2.75, 3.05) is 32.8 Å². The van der Waals surface area contributed by atoms with Crippen LogP contribution in [0.25, 0.3) is 10.4 Å². The van der Waals surface area contributed by atoms with Crippen LogP contribution >= 0.6 is 11.3 Å².